The van der Waals surface area contributed by atoms with Crippen LogP contribution in [0.25, 0.3) is 6.08 Å². The average molecular weight is 327 g/mol. The van der Waals surface area contributed by atoms with Crippen LogP contribution in [0.3, 0.4) is 0 Å². The fourth-order valence-electron chi connectivity index (χ4n) is 2.67. The zero-order chi connectivity index (χ0) is 16.4. The molecule has 1 N–H and O–H groups in total. The number of hydrogen-bond donors (Lipinski definition) is 1. The minimum atomic E-state index is -0.297. The van der Waals surface area contributed by atoms with Gasteiger partial charge in [0.1, 0.15) is 0 Å². The number of nitrogens with zero attached hydrogens (tertiary/aromatic N) is 2. The predicted octanol–water partition coefficient (Wildman–Crippen LogP) is 3.35. The molecule has 0 aliphatic carbocycles. The lowest BCUT2D eigenvalue weighted by atomic mass is 9.93. The molecule has 1 unspecified atom stereocenters. The molecular weight excluding hydrogens is 310 g/mol. The van der Waals surface area contributed by atoms with E-state index < -0.39 is 0 Å². The molecule has 118 valence electrons. The number of carbonyl (C=O) groups is 2. The Morgan fingerprint density at radius 1 is 1.35 bits per heavy atom. The molecule has 1 atom stereocenters. The molecule has 2 heterocycles. The van der Waals surface area contributed by atoms with Crippen LogP contribution in [-0.2, 0) is 9.59 Å². The van der Waals surface area contributed by atoms with E-state index in [9.17, 15) is 9.59 Å². The number of aromatic nitrogens is 1. The van der Waals surface area contributed by atoms with Gasteiger partial charge in [-0.1, -0.05) is 24.3 Å². The number of anilines is 1. The van der Waals surface area contributed by atoms with Crippen LogP contribution in [0, 0.1) is 6.92 Å². The minimum absolute atomic E-state index is 0.0846. The highest BCUT2D eigenvalue weighted by molar-refractivity contribution is 7.13. The zero-order valence-corrected chi connectivity index (χ0v) is 13.8. The summed E-state index contributed by atoms with van der Waals surface area (Å²) in [4.78, 5) is 30.1. The van der Waals surface area contributed by atoms with Crippen LogP contribution in [-0.4, -0.2) is 21.7 Å². The van der Waals surface area contributed by atoms with Gasteiger partial charge in [0.05, 0.1) is 18.2 Å². The number of amides is 2. The standard InChI is InChI=1S/C17H17N3O2S/c1-11-10-23-17(18-11)19-16(22)9-15-14-6-4-3-5-13(14)7-8-20(15)12(2)21/h3-8,10,15H,9H2,1-2H3,(H,18,19,22). The first-order valence-electron chi connectivity index (χ1n) is 7.32. The lowest BCUT2D eigenvalue weighted by Gasteiger charge is -2.32. The van der Waals surface area contributed by atoms with Crippen molar-refractivity contribution in [2.45, 2.75) is 26.3 Å². The number of rotatable bonds is 3. The Bertz CT molecular complexity index is 782. The third kappa shape index (κ3) is 3.32. The Hall–Kier alpha value is -2.47. The maximum Gasteiger partial charge on any atom is 0.228 e. The molecule has 6 heteroatoms. The van der Waals surface area contributed by atoms with Gasteiger partial charge >= 0.3 is 0 Å². The van der Waals surface area contributed by atoms with Crippen molar-refractivity contribution < 1.29 is 9.59 Å². The van der Waals surface area contributed by atoms with Crippen molar-refractivity contribution in [2.75, 3.05) is 5.32 Å². The summed E-state index contributed by atoms with van der Waals surface area (Å²) in [6, 6.07) is 7.52. The van der Waals surface area contributed by atoms with Crippen molar-refractivity contribution in [3.8, 4) is 0 Å². The number of carbonyl (C=O) groups excluding carboxylic acids is 2. The topological polar surface area (TPSA) is 62.3 Å². The summed E-state index contributed by atoms with van der Waals surface area (Å²) in [7, 11) is 0. The van der Waals surface area contributed by atoms with Gasteiger partial charge in [-0.25, -0.2) is 4.98 Å². The largest absolute Gasteiger partial charge is 0.311 e. The maximum absolute atomic E-state index is 12.4. The van der Waals surface area contributed by atoms with Gasteiger partial charge in [-0.15, -0.1) is 11.3 Å². The molecular formula is C17H17N3O2S. The number of thiazole rings is 1. The van der Waals surface area contributed by atoms with Crippen LogP contribution >= 0.6 is 11.3 Å². The van der Waals surface area contributed by atoms with E-state index >= 15 is 0 Å². The number of benzene rings is 1. The summed E-state index contributed by atoms with van der Waals surface area (Å²) < 4.78 is 0. The Kier molecular flexibility index (Phi) is 4.25. The predicted molar refractivity (Wildman–Crippen MR) is 90.8 cm³/mol. The Morgan fingerprint density at radius 3 is 2.83 bits per heavy atom. The normalized spacial score (nSPS) is 16.1. The Balaban J connectivity index is 1.81. The van der Waals surface area contributed by atoms with E-state index in [1.165, 1.54) is 18.3 Å². The van der Waals surface area contributed by atoms with Gasteiger partial charge in [-0.05, 0) is 24.1 Å². The molecule has 23 heavy (non-hydrogen) atoms. The molecule has 5 nitrogen and oxygen atoms in total. The van der Waals surface area contributed by atoms with Crippen LogP contribution in [0.1, 0.15) is 36.2 Å². The molecule has 0 saturated carbocycles. The molecule has 3 rings (SSSR count). The van der Waals surface area contributed by atoms with Crippen LogP contribution in [0.2, 0.25) is 0 Å². The molecule has 0 bridgehead atoms. The third-order valence-electron chi connectivity index (χ3n) is 3.71. The molecule has 0 radical (unpaired) electrons. The smallest absolute Gasteiger partial charge is 0.228 e. The zero-order valence-electron chi connectivity index (χ0n) is 12.9. The van der Waals surface area contributed by atoms with E-state index in [0.717, 1.165) is 16.8 Å². The second kappa shape index (κ2) is 6.34. The van der Waals surface area contributed by atoms with E-state index in [2.05, 4.69) is 10.3 Å². The molecule has 1 aromatic heterocycles. The second-order valence-corrected chi connectivity index (χ2v) is 6.29. The van der Waals surface area contributed by atoms with Crippen LogP contribution in [0.15, 0.2) is 35.8 Å². The summed E-state index contributed by atoms with van der Waals surface area (Å²) >= 11 is 1.40. The lowest BCUT2D eigenvalue weighted by molar-refractivity contribution is -0.129. The highest BCUT2D eigenvalue weighted by Gasteiger charge is 2.28. The first-order chi connectivity index (χ1) is 11.0. The number of hydrogen-bond acceptors (Lipinski definition) is 4. The van der Waals surface area contributed by atoms with Gasteiger partial charge in [0.15, 0.2) is 5.13 Å². The summed E-state index contributed by atoms with van der Waals surface area (Å²) in [5, 5.41) is 5.28. The summed E-state index contributed by atoms with van der Waals surface area (Å²) in [6.45, 7) is 3.39. The van der Waals surface area contributed by atoms with Gasteiger partial charge in [-0.2, -0.15) is 0 Å². The van der Waals surface area contributed by atoms with Crippen LogP contribution in [0.5, 0.6) is 0 Å². The maximum atomic E-state index is 12.4. The summed E-state index contributed by atoms with van der Waals surface area (Å²) in [5.74, 6) is -0.237. The number of nitrogens with one attached hydrogen (secondary N) is 1. The van der Waals surface area contributed by atoms with E-state index in [0.29, 0.717) is 5.13 Å². The number of aryl methyl sites for hydroxylation is 1. The first kappa shape index (κ1) is 15.4. The van der Waals surface area contributed by atoms with Crippen molar-refractivity contribution in [3.63, 3.8) is 0 Å². The van der Waals surface area contributed by atoms with Crippen molar-refractivity contribution in [1.82, 2.24) is 9.88 Å². The van der Waals surface area contributed by atoms with Gasteiger partial charge in [0, 0.05) is 18.5 Å². The molecule has 0 spiro atoms. The molecule has 2 amide bonds. The van der Waals surface area contributed by atoms with Crippen molar-refractivity contribution in [3.05, 3.63) is 52.7 Å². The van der Waals surface area contributed by atoms with Gasteiger partial charge < -0.3 is 10.2 Å². The SMILES string of the molecule is CC(=O)N1C=Cc2ccccc2C1CC(=O)Nc1nc(C)cs1. The van der Waals surface area contributed by atoms with Crippen molar-refractivity contribution in [2.24, 2.45) is 0 Å². The summed E-state index contributed by atoms with van der Waals surface area (Å²) in [5.41, 5.74) is 2.89. The van der Waals surface area contributed by atoms with Crippen LogP contribution in [0.4, 0.5) is 5.13 Å². The fraction of sp³-hybridized carbons (Fsp3) is 0.235. The minimum Gasteiger partial charge on any atom is -0.311 e. The number of fused-ring (bicyclic) bond motifs is 1. The van der Waals surface area contributed by atoms with E-state index in [-0.39, 0.29) is 24.3 Å². The van der Waals surface area contributed by atoms with Gasteiger partial charge in [-0.3, -0.25) is 9.59 Å². The Labute approximate surface area is 138 Å². The quantitative estimate of drug-likeness (QED) is 0.940. The van der Waals surface area contributed by atoms with Crippen LogP contribution < -0.4 is 5.32 Å². The van der Waals surface area contributed by atoms with Crippen molar-refractivity contribution in [1.29, 1.82) is 0 Å². The third-order valence-corrected chi connectivity index (χ3v) is 4.59. The second-order valence-electron chi connectivity index (χ2n) is 5.43. The van der Waals surface area contributed by atoms with E-state index in [1.807, 2.05) is 42.6 Å². The highest BCUT2D eigenvalue weighted by atomic mass is 32.1. The van der Waals surface area contributed by atoms with Gasteiger partial charge in [0.2, 0.25) is 11.8 Å². The monoisotopic (exact) mass is 327 g/mol. The highest BCUT2D eigenvalue weighted by Crippen LogP contribution is 2.33. The summed E-state index contributed by atoms with van der Waals surface area (Å²) in [6.07, 6.45) is 3.84. The molecule has 1 aliphatic heterocycles. The Morgan fingerprint density at radius 2 is 2.13 bits per heavy atom. The van der Waals surface area contributed by atoms with Crippen molar-refractivity contribution >= 4 is 34.4 Å². The fourth-order valence-corrected chi connectivity index (χ4v) is 3.37. The van der Waals surface area contributed by atoms with E-state index in [1.54, 1.807) is 11.1 Å². The molecule has 2 aromatic rings. The molecule has 1 aromatic carbocycles. The van der Waals surface area contributed by atoms with Gasteiger partial charge in [0.25, 0.3) is 0 Å². The molecule has 0 fully saturated rings. The first-order valence-corrected chi connectivity index (χ1v) is 8.20. The van der Waals surface area contributed by atoms with E-state index in [4.69, 9.17) is 0 Å². The molecule has 1 aliphatic rings. The molecule has 0 saturated heterocycles. The lowest BCUT2D eigenvalue weighted by Crippen LogP contribution is -2.33. The average Bonchev–Trinajstić information content (AvgIpc) is 2.92.